The molecular weight excluding hydrogens is 270 g/mol. The van der Waals surface area contributed by atoms with Crippen LogP contribution in [0.3, 0.4) is 0 Å². The molecule has 0 heterocycles. The zero-order valence-electron chi connectivity index (χ0n) is 13.4. The van der Waals surface area contributed by atoms with Crippen LogP contribution in [-0.4, -0.2) is 45.7 Å². The zero-order valence-corrected chi connectivity index (χ0v) is 13.4. The first kappa shape index (κ1) is 17.9. The van der Waals surface area contributed by atoms with Gasteiger partial charge in [-0.25, -0.2) is 0 Å². The highest BCUT2D eigenvalue weighted by Gasteiger charge is 2.14. The molecule has 0 saturated carbocycles. The lowest BCUT2D eigenvalue weighted by molar-refractivity contribution is 0.143. The number of rotatable bonds is 10. The fraction of sp³-hybridized carbons (Fsp3) is 0.625. The Morgan fingerprint density at radius 3 is 2.52 bits per heavy atom. The van der Waals surface area contributed by atoms with Gasteiger partial charge in [0.25, 0.3) is 0 Å². The molecule has 120 valence electrons. The Morgan fingerprint density at radius 2 is 1.95 bits per heavy atom. The molecule has 2 atom stereocenters. The van der Waals surface area contributed by atoms with Crippen molar-refractivity contribution in [2.24, 2.45) is 0 Å². The van der Waals surface area contributed by atoms with E-state index in [2.05, 4.69) is 18.3 Å². The SMILES string of the molecule is COCc1cc(C(C)NC(CCO)COC)ccc1OC. The molecule has 2 unspecified atom stereocenters. The van der Waals surface area contributed by atoms with Gasteiger partial charge in [-0.1, -0.05) is 6.07 Å². The lowest BCUT2D eigenvalue weighted by Crippen LogP contribution is -2.36. The van der Waals surface area contributed by atoms with Crippen molar-refractivity contribution in [3.63, 3.8) is 0 Å². The molecule has 0 saturated heterocycles. The minimum Gasteiger partial charge on any atom is -0.496 e. The van der Waals surface area contributed by atoms with Gasteiger partial charge in [0.15, 0.2) is 0 Å². The molecule has 0 fully saturated rings. The minimum atomic E-state index is 0.128. The van der Waals surface area contributed by atoms with E-state index < -0.39 is 0 Å². The molecule has 5 heteroatoms. The maximum atomic E-state index is 9.10. The first-order chi connectivity index (χ1) is 10.2. The third kappa shape index (κ3) is 5.63. The van der Waals surface area contributed by atoms with Gasteiger partial charge in [0.1, 0.15) is 5.75 Å². The molecule has 0 amide bonds. The summed E-state index contributed by atoms with van der Waals surface area (Å²) in [5.74, 6) is 0.830. The van der Waals surface area contributed by atoms with Crippen LogP contribution in [-0.2, 0) is 16.1 Å². The fourth-order valence-electron chi connectivity index (χ4n) is 2.36. The molecule has 0 aromatic heterocycles. The van der Waals surface area contributed by atoms with Crippen molar-refractivity contribution in [1.29, 1.82) is 0 Å². The Labute approximate surface area is 127 Å². The van der Waals surface area contributed by atoms with Crippen LogP contribution in [0.15, 0.2) is 18.2 Å². The van der Waals surface area contributed by atoms with Crippen LogP contribution in [0.5, 0.6) is 5.75 Å². The van der Waals surface area contributed by atoms with E-state index >= 15 is 0 Å². The summed E-state index contributed by atoms with van der Waals surface area (Å²) in [5, 5.41) is 12.6. The maximum Gasteiger partial charge on any atom is 0.124 e. The van der Waals surface area contributed by atoms with Crippen LogP contribution in [0.2, 0.25) is 0 Å². The number of nitrogens with one attached hydrogen (secondary N) is 1. The first-order valence-corrected chi connectivity index (χ1v) is 7.17. The van der Waals surface area contributed by atoms with E-state index in [1.807, 2.05) is 12.1 Å². The molecule has 0 aliphatic rings. The van der Waals surface area contributed by atoms with Crippen molar-refractivity contribution in [3.05, 3.63) is 29.3 Å². The summed E-state index contributed by atoms with van der Waals surface area (Å²) in [5.41, 5.74) is 2.18. The highest BCUT2D eigenvalue weighted by atomic mass is 16.5. The molecule has 0 aliphatic heterocycles. The second kappa shape index (κ2) is 9.73. The third-order valence-electron chi connectivity index (χ3n) is 3.44. The van der Waals surface area contributed by atoms with Crippen LogP contribution in [0.25, 0.3) is 0 Å². The number of aliphatic hydroxyl groups is 1. The monoisotopic (exact) mass is 297 g/mol. The summed E-state index contributed by atoms with van der Waals surface area (Å²) in [7, 11) is 5.00. The molecule has 1 aromatic rings. The van der Waals surface area contributed by atoms with E-state index in [0.717, 1.165) is 16.9 Å². The molecule has 0 aliphatic carbocycles. The number of hydrogen-bond acceptors (Lipinski definition) is 5. The molecule has 21 heavy (non-hydrogen) atoms. The smallest absolute Gasteiger partial charge is 0.124 e. The number of aliphatic hydroxyl groups excluding tert-OH is 1. The highest BCUT2D eigenvalue weighted by Crippen LogP contribution is 2.24. The Kier molecular flexibility index (Phi) is 8.30. The second-order valence-corrected chi connectivity index (χ2v) is 5.06. The number of hydrogen-bond donors (Lipinski definition) is 2. The van der Waals surface area contributed by atoms with Gasteiger partial charge < -0.3 is 24.6 Å². The predicted octanol–water partition coefficient (Wildman–Crippen LogP) is 1.89. The van der Waals surface area contributed by atoms with E-state index in [9.17, 15) is 0 Å². The Balaban J connectivity index is 2.80. The summed E-state index contributed by atoms with van der Waals surface area (Å²) in [6.07, 6.45) is 0.666. The largest absolute Gasteiger partial charge is 0.496 e. The van der Waals surface area contributed by atoms with Crippen LogP contribution in [0.4, 0.5) is 0 Å². The number of ether oxygens (including phenoxy) is 3. The quantitative estimate of drug-likeness (QED) is 0.690. The Hall–Kier alpha value is -1.14. The van der Waals surface area contributed by atoms with E-state index in [1.165, 1.54) is 0 Å². The van der Waals surface area contributed by atoms with E-state index in [1.54, 1.807) is 21.3 Å². The third-order valence-corrected chi connectivity index (χ3v) is 3.44. The van der Waals surface area contributed by atoms with Crippen molar-refractivity contribution in [2.45, 2.75) is 32.0 Å². The van der Waals surface area contributed by atoms with Gasteiger partial charge in [-0.3, -0.25) is 0 Å². The molecular formula is C16H27NO4. The predicted molar refractivity (Wildman–Crippen MR) is 82.6 cm³/mol. The van der Waals surface area contributed by atoms with Crippen LogP contribution in [0.1, 0.15) is 30.5 Å². The van der Waals surface area contributed by atoms with Gasteiger partial charge in [0.2, 0.25) is 0 Å². The first-order valence-electron chi connectivity index (χ1n) is 7.17. The van der Waals surface area contributed by atoms with E-state index in [0.29, 0.717) is 19.6 Å². The average molecular weight is 297 g/mol. The van der Waals surface area contributed by atoms with Gasteiger partial charge in [-0.15, -0.1) is 0 Å². The van der Waals surface area contributed by atoms with E-state index in [-0.39, 0.29) is 18.7 Å². The number of benzene rings is 1. The summed E-state index contributed by atoms with van der Waals surface area (Å²) in [6, 6.07) is 6.36. The van der Waals surface area contributed by atoms with Crippen molar-refractivity contribution < 1.29 is 19.3 Å². The van der Waals surface area contributed by atoms with Gasteiger partial charge >= 0.3 is 0 Å². The molecule has 2 N–H and O–H groups in total. The highest BCUT2D eigenvalue weighted by molar-refractivity contribution is 5.38. The molecule has 0 spiro atoms. The van der Waals surface area contributed by atoms with Crippen molar-refractivity contribution >= 4 is 0 Å². The van der Waals surface area contributed by atoms with Crippen molar-refractivity contribution in [3.8, 4) is 5.75 Å². The van der Waals surface area contributed by atoms with Crippen molar-refractivity contribution in [1.82, 2.24) is 5.32 Å². The molecule has 0 bridgehead atoms. The fourth-order valence-corrected chi connectivity index (χ4v) is 2.36. The average Bonchev–Trinajstić information content (AvgIpc) is 2.48. The standard InChI is InChI=1S/C16H27NO4/c1-12(17-15(7-8-18)11-20-3)13-5-6-16(21-4)14(9-13)10-19-2/h5-6,9,12,15,17-18H,7-8,10-11H2,1-4H3. The molecule has 5 nitrogen and oxygen atoms in total. The zero-order chi connectivity index (χ0) is 15.7. The lowest BCUT2D eigenvalue weighted by Gasteiger charge is -2.23. The van der Waals surface area contributed by atoms with E-state index in [4.69, 9.17) is 19.3 Å². The lowest BCUT2D eigenvalue weighted by atomic mass is 10.0. The topological polar surface area (TPSA) is 60.0 Å². The number of methoxy groups -OCH3 is 3. The van der Waals surface area contributed by atoms with Crippen LogP contribution < -0.4 is 10.1 Å². The van der Waals surface area contributed by atoms with Crippen LogP contribution in [0, 0.1) is 0 Å². The summed E-state index contributed by atoms with van der Waals surface area (Å²) in [6.45, 7) is 3.33. The normalized spacial score (nSPS) is 14.0. The van der Waals surface area contributed by atoms with Crippen LogP contribution >= 0.6 is 0 Å². The summed E-state index contributed by atoms with van der Waals surface area (Å²) < 4.78 is 15.7. The van der Waals surface area contributed by atoms with Gasteiger partial charge in [-0.2, -0.15) is 0 Å². The molecule has 1 rings (SSSR count). The molecule has 1 aromatic carbocycles. The molecule has 0 radical (unpaired) electrons. The van der Waals surface area contributed by atoms with Crippen molar-refractivity contribution in [2.75, 3.05) is 34.5 Å². The Bertz CT molecular complexity index is 405. The summed E-state index contributed by atoms with van der Waals surface area (Å²) >= 11 is 0. The second-order valence-electron chi connectivity index (χ2n) is 5.06. The van der Waals surface area contributed by atoms with Gasteiger partial charge in [0.05, 0.1) is 20.3 Å². The Morgan fingerprint density at radius 1 is 1.19 bits per heavy atom. The maximum absolute atomic E-state index is 9.10. The minimum absolute atomic E-state index is 0.128. The van der Waals surface area contributed by atoms with Gasteiger partial charge in [-0.05, 0) is 31.0 Å². The van der Waals surface area contributed by atoms with Gasteiger partial charge in [0, 0.05) is 38.5 Å². The summed E-state index contributed by atoms with van der Waals surface area (Å²) in [4.78, 5) is 0.